The highest BCUT2D eigenvalue weighted by atomic mass is 35.7. The second kappa shape index (κ2) is 4.01. The number of hydrogen-bond donors (Lipinski definition) is 0. The van der Waals surface area contributed by atoms with Crippen molar-refractivity contribution in [3.05, 3.63) is 17.0 Å². The number of halogens is 1. The number of thiophene rings is 1. The van der Waals surface area contributed by atoms with Gasteiger partial charge in [-0.2, -0.15) is 0 Å². The third-order valence-corrected chi connectivity index (χ3v) is 5.52. The highest BCUT2D eigenvalue weighted by molar-refractivity contribution is 8.15. The second-order valence-electron chi connectivity index (χ2n) is 3.74. The van der Waals surface area contributed by atoms with E-state index >= 15 is 0 Å². The smallest absolute Gasteiger partial charge is 0.270 e. The monoisotopic (exact) mass is 279 g/mol. The molecule has 0 unspecified atom stereocenters. The molecule has 2 rings (SSSR count). The minimum absolute atomic E-state index is 0.0155. The van der Waals surface area contributed by atoms with Gasteiger partial charge in [0.2, 0.25) is 0 Å². The molecule has 0 spiro atoms. The summed E-state index contributed by atoms with van der Waals surface area (Å²) < 4.78 is 22.1. The summed E-state index contributed by atoms with van der Waals surface area (Å²) in [5.74, 6) is -0.148. The van der Waals surface area contributed by atoms with Crippen LogP contribution in [0, 0.1) is 0 Å². The molecule has 0 radical (unpaired) electrons. The minimum Gasteiger partial charge on any atom is -0.339 e. The average molecular weight is 280 g/mol. The van der Waals surface area contributed by atoms with Gasteiger partial charge in [-0.3, -0.25) is 4.79 Å². The van der Waals surface area contributed by atoms with Crippen LogP contribution in [0.3, 0.4) is 0 Å². The number of carbonyl (C=O) groups is 1. The summed E-state index contributed by atoms with van der Waals surface area (Å²) in [6.07, 6.45) is 2.04. The van der Waals surface area contributed by atoms with Gasteiger partial charge < -0.3 is 4.90 Å². The Balaban J connectivity index is 2.21. The topological polar surface area (TPSA) is 54.5 Å². The van der Waals surface area contributed by atoms with E-state index in [9.17, 15) is 13.2 Å². The van der Waals surface area contributed by atoms with Gasteiger partial charge in [-0.15, -0.1) is 11.3 Å². The summed E-state index contributed by atoms with van der Waals surface area (Å²) in [5.41, 5.74) is 0.388. The van der Waals surface area contributed by atoms with Crippen LogP contribution in [0.5, 0.6) is 0 Å². The lowest BCUT2D eigenvalue weighted by Crippen LogP contribution is -2.28. The van der Waals surface area contributed by atoms with Gasteiger partial charge >= 0.3 is 0 Å². The average Bonchev–Trinajstić information content (AvgIpc) is 2.91. The van der Waals surface area contributed by atoms with E-state index in [0.717, 1.165) is 24.2 Å². The first-order chi connectivity index (χ1) is 7.39. The highest BCUT2D eigenvalue weighted by Crippen LogP contribution is 2.29. The zero-order chi connectivity index (χ0) is 11.9. The fraction of sp³-hybridized carbons (Fsp3) is 0.444. The lowest BCUT2D eigenvalue weighted by Gasteiger charge is -2.14. The maximum atomic E-state index is 11.9. The van der Waals surface area contributed by atoms with Crippen LogP contribution in [0.2, 0.25) is 0 Å². The van der Waals surface area contributed by atoms with E-state index in [1.54, 1.807) is 11.9 Å². The Morgan fingerprint density at radius 3 is 2.62 bits per heavy atom. The van der Waals surface area contributed by atoms with Crippen molar-refractivity contribution in [2.45, 2.75) is 23.1 Å². The summed E-state index contributed by atoms with van der Waals surface area (Å²) in [4.78, 5) is 13.5. The standard InChI is InChI=1S/C9H10ClNO3S2/c1-11(7-2-3-7)9(12)6-4-8(15-5-6)16(10,13)14/h4-5,7H,2-3H2,1H3. The third-order valence-electron chi connectivity index (χ3n) is 2.48. The Morgan fingerprint density at radius 2 is 2.19 bits per heavy atom. The number of amides is 1. The SMILES string of the molecule is CN(C(=O)c1csc(S(=O)(=O)Cl)c1)C1CC1. The van der Waals surface area contributed by atoms with Crippen LogP contribution in [-0.2, 0) is 9.05 Å². The predicted octanol–water partition coefficient (Wildman–Crippen LogP) is 1.91. The molecular formula is C9H10ClNO3S2. The molecule has 7 heteroatoms. The van der Waals surface area contributed by atoms with Gasteiger partial charge in [0.15, 0.2) is 0 Å². The molecule has 1 saturated carbocycles. The Bertz CT molecular complexity index is 519. The quantitative estimate of drug-likeness (QED) is 0.794. The summed E-state index contributed by atoms with van der Waals surface area (Å²) in [6, 6.07) is 1.64. The Kier molecular flexibility index (Phi) is 2.98. The van der Waals surface area contributed by atoms with Crippen LogP contribution >= 0.6 is 22.0 Å². The lowest BCUT2D eigenvalue weighted by molar-refractivity contribution is 0.0785. The van der Waals surface area contributed by atoms with Crippen molar-refractivity contribution in [3.63, 3.8) is 0 Å². The molecule has 16 heavy (non-hydrogen) atoms. The van der Waals surface area contributed by atoms with Gasteiger partial charge in [-0.25, -0.2) is 8.42 Å². The molecule has 1 amide bonds. The molecule has 1 aromatic rings. The van der Waals surface area contributed by atoms with E-state index in [1.807, 2.05) is 0 Å². The van der Waals surface area contributed by atoms with Crippen molar-refractivity contribution in [1.29, 1.82) is 0 Å². The number of carbonyl (C=O) groups excluding carboxylic acids is 1. The molecule has 0 saturated heterocycles. The van der Waals surface area contributed by atoms with Crippen LogP contribution in [0.1, 0.15) is 23.2 Å². The van der Waals surface area contributed by atoms with Crippen molar-refractivity contribution in [2.24, 2.45) is 0 Å². The molecule has 0 N–H and O–H groups in total. The molecular weight excluding hydrogens is 270 g/mol. The van der Waals surface area contributed by atoms with Crippen LogP contribution in [0.25, 0.3) is 0 Å². The van der Waals surface area contributed by atoms with Gasteiger partial charge in [0, 0.05) is 29.2 Å². The van der Waals surface area contributed by atoms with E-state index in [-0.39, 0.29) is 10.1 Å². The number of rotatable bonds is 3. The fourth-order valence-electron chi connectivity index (χ4n) is 1.39. The van der Waals surface area contributed by atoms with Crippen molar-refractivity contribution in [1.82, 2.24) is 4.90 Å². The molecule has 4 nitrogen and oxygen atoms in total. The second-order valence-corrected chi connectivity index (χ2v) is 7.44. The van der Waals surface area contributed by atoms with Gasteiger partial charge in [0.05, 0.1) is 5.56 Å². The summed E-state index contributed by atoms with van der Waals surface area (Å²) in [6.45, 7) is 0. The summed E-state index contributed by atoms with van der Waals surface area (Å²) >= 11 is 0.967. The van der Waals surface area contributed by atoms with E-state index in [2.05, 4.69) is 0 Å². The first kappa shape index (κ1) is 11.9. The molecule has 0 bridgehead atoms. The molecule has 88 valence electrons. The zero-order valence-electron chi connectivity index (χ0n) is 8.51. The van der Waals surface area contributed by atoms with Crippen molar-refractivity contribution in [2.75, 3.05) is 7.05 Å². The fourth-order valence-corrected chi connectivity index (χ4v) is 3.33. The predicted molar refractivity (Wildman–Crippen MR) is 62.5 cm³/mol. The maximum absolute atomic E-state index is 11.9. The van der Waals surface area contributed by atoms with Gasteiger partial charge in [-0.1, -0.05) is 0 Å². The molecule has 1 aromatic heterocycles. The highest BCUT2D eigenvalue weighted by Gasteiger charge is 2.30. The van der Waals surface area contributed by atoms with E-state index in [1.165, 1.54) is 11.4 Å². The number of hydrogen-bond acceptors (Lipinski definition) is 4. The third kappa shape index (κ3) is 2.39. The normalized spacial score (nSPS) is 16.1. The van der Waals surface area contributed by atoms with Crippen molar-refractivity contribution in [3.8, 4) is 0 Å². The molecule has 0 aromatic carbocycles. The Labute approximate surface area is 102 Å². The summed E-state index contributed by atoms with van der Waals surface area (Å²) in [5, 5.41) is 1.52. The van der Waals surface area contributed by atoms with Gasteiger partial charge in [0.25, 0.3) is 15.0 Å². The van der Waals surface area contributed by atoms with Crippen LogP contribution in [-0.4, -0.2) is 32.3 Å². The molecule has 0 aliphatic heterocycles. The van der Waals surface area contributed by atoms with Gasteiger partial charge in [-0.05, 0) is 18.9 Å². The Morgan fingerprint density at radius 1 is 1.56 bits per heavy atom. The number of nitrogens with zero attached hydrogens (tertiary/aromatic N) is 1. The van der Waals surface area contributed by atoms with E-state index in [0.29, 0.717) is 11.6 Å². The van der Waals surface area contributed by atoms with Crippen molar-refractivity contribution < 1.29 is 13.2 Å². The lowest BCUT2D eigenvalue weighted by atomic mass is 10.3. The molecule has 1 aliphatic carbocycles. The maximum Gasteiger partial charge on any atom is 0.270 e. The van der Waals surface area contributed by atoms with Crippen LogP contribution in [0.4, 0.5) is 0 Å². The van der Waals surface area contributed by atoms with Crippen LogP contribution in [0.15, 0.2) is 15.7 Å². The van der Waals surface area contributed by atoms with Crippen LogP contribution < -0.4 is 0 Å². The Hall–Kier alpha value is -0.590. The zero-order valence-corrected chi connectivity index (χ0v) is 10.9. The van der Waals surface area contributed by atoms with E-state index < -0.39 is 9.05 Å². The minimum atomic E-state index is -3.73. The van der Waals surface area contributed by atoms with Crippen molar-refractivity contribution >= 4 is 37.0 Å². The van der Waals surface area contributed by atoms with Gasteiger partial charge in [0.1, 0.15) is 4.21 Å². The molecule has 1 aliphatic rings. The molecule has 0 atom stereocenters. The summed E-state index contributed by atoms with van der Waals surface area (Å²) in [7, 11) is 3.19. The first-order valence-corrected chi connectivity index (χ1v) is 7.89. The first-order valence-electron chi connectivity index (χ1n) is 4.70. The molecule has 1 heterocycles. The molecule has 1 fully saturated rings. The largest absolute Gasteiger partial charge is 0.339 e. The van der Waals surface area contributed by atoms with E-state index in [4.69, 9.17) is 10.7 Å².